The first kappa shape index (κ1) is 16.2. The Morgan fingerprint density at radius 1 is 1.48 bits per heavy atom. The molecule has 0 aliphatic carbocycles. The van der Waals surface area contributed by atoms with Crippen LogP contribution in [0.25, 0.3) is 0 Å². The van der Waals surface area contributed by atoms with Crippen LogP contribution in [-0.4, -0.2) is 33.7 Å². The smallest absolute Gasteiger partial charge is 0.238 e. The maximum atomic E-state index is 12.5. The van der Waals surface area contributed by atoms with Gasteiger partial charge in [0.2, 0.25) is 5.91 Å². The van der Waals surface area contributed by atoms with Gasteiger partial charge in [-0.15, -0.1) is 11.3 Å². The summed E-state index contributed by atoms with van der Waals surface area (Å²) in [6, 6.07) is 2.57. The number of aryl methyl sites for hydroxylation is 2. The van der Waals surface area contributed by atoms with E-state index in [2.05, 4.69) is 33.7 Å². The quantitative estimate of drug-likeness (QED) is 0.936. The highest BCUT2D eigenvalue weighted by molar-refractivity contribution is 7.10. The van der Waals surface area contributed by atoms with E-state index in [0.29, 0.717) is 12.6 Å². The molecule has 2 aromatic rings. The van der Waals surface area contributed by atoms with Gasteiger partial charge in [-0.05, 0) is 43.7 Å². The summed E-state index contributed by atoms with van der Waals surface area (Å²) in [5, 5.41) is 9.57. The number of hydrogen-bond acceptors (Lipinski definition) is 4. The van der Waals surface area contributed by atoms with Crippen LogP contribution in [0.2, 0.25) is 0 Å². The van der Waals surface area contributed by atoms with E-state index in [0.717, 1.165) is 36.5 Å². The maximum Gasteiger partial charge on any atom is 0.238 e. The van der Waals surface area contributed by atoms with Gasteiger partial charge in [0.25, 0.3) is 0 Å². The summed E-state index contributed by atoms with van der Waals surface area (Å²) in [6.07, 6.45) is 2.07. The highest BCUT2D eigenvalue weighted by Crippen LogP contribution is 2.35. The van der Waals surface area contributed by atoms with Gasteiger partial charge in [0.05, 0.1) is 23.6 Å². The zero-order valence-electron chi connectivity index (χ0n) is 14.2. The third-order valence-electron chi connectivity index (χ3n) is 4.71. The third-order valence-corrected chi connectivity index (χ3v) is 5.71. The van der Waals surface area contributed by atoms with Gasteiger partial charge in [-0.25, -0.2) is 0 Å². The summed E-state index contributed by atoms with van der Waals surface area (Å²) < 4.78 is 1.80. The molecule has 1 N–H and O–H groups in total. The van der Waals surface area contributed by atoms with Crippen molar-refractivity contribution in [2.24, 2.45) is 7.05 Å². The fourth-order valence-electron chi connectivity index (χ4n) is 3.43. The number of rotatable bonds is 4. The Morgan fingerprint density at radius 3 is 2.91 bits per heavy atom. The van der Waals surface area contributed by atoms with Crippen molar-refractivity contribution in [3.63, 3.8) is 0 Å². The summed E-state index contributed by atoms with van der Waals surface area (Å²) >= 11 is 1.84. The molecule has 124 valence electrons. The standard InChI is InChI=1S/C17H24N4OS/c1-5-14-13-7-9-23-15(13)6-8-21(14)10-16(22)18-17-11(2)19-20(4)12(17)3/h7,9,14H,5-6,8,10H2,1-4H3,(H,18,22). The van der Waals surface area contributed by atoms with Crippen LogP contribution < -0.4 is 5.32 Å². The zero-order chi connectivity index (χ0) is 16.6. The van der Waals surface area contributed by atoms with E-state index >= 15 is 0 Å². The number of anilines is 1. The minimum atomic E-state index is 0.0429. The molecule has 1 amide bonds. The highest BCUT2D eigenvalue weighted by Gasteiger charge is 2.28. The molecule has 0 bridgehead atoms. The third kappa shape index (κ3) is 3.05. The van der Waals surface area contributed by atoms with Crippen molar-refractivity contribution in [2.45, 2.75) is 39.7 Å². The first-order valence-corrected chi connectivity index (χ1v) is 8.99. The number of amides is 1. The van der Waals surface area contributed by atoms with Crippen LogP contribution in [0.15, 0.2) is 11.4 Å². The molecule has 0 aromatic carbocycles. The van der Waals surface area contributed by atoms with E-state index in [-0.39, 0.29) is 5.91 Å². The van der Waals surface area contributed by atoms with E-state index in [9.17, 15) is 4.79 Å². The number of hydrogen-bond donors (Lipinski definition) is 1. The summed E-state index contributed by atoms with van der Waals surface area (Å²) in [4.78, 5) is 16.3. The van der Waals surface area contributed by atoms with E-state index < -0.39 is 0 Å². The molecule has 0 saturated heterocycles. The predicted molar refractivity (Wildman–Crippen MR) is 93.9 cm³/mol. The number of carbonyl (C=O) groups is 1. The minimum Gasteiger partial charge on any atom is -0.322 e. The van der Waals surface area contributed by atoms with Gasteiger partial charge >= 0.3 is 0 Å². The number of carbonyl (C=O) groups excluding carboxylic acids is 1. The summed E-state index contributed by atoms with van der Waals surface area (Å²) in [5.74, 6) is 0.0429. The Kier molecular flexibility index (Phi) is 4.55. The van der Waals surface area contributed by atoms with Crippen LogP contribution in [-0.2, 0) is 18.3 Å². The lowest BCUT2D eigenvalue weighted by atomic mass is 9.98. The van der Waals surface area contributed by atoms with E-state index in [1.807, 2.05) is 32.2 Å². The van der Waals surface area contributed by atoms with Crippen molar-refractivity contribution >= 4 is 22.9 Å². The topological polar surface area (TPSA) is 50.2 Å². The first-order chi connectivity index (χ1) is 11.0. The lowest BCUT2D eigenvalue weighted by molar-refractivity contribution is -0.118. The van der Waals surface area contributed by atoms with Gasteiger partial charge < -0.3 is 5.32 Å². The largest absolute Gasteiger partial charge is 0.322 e. The van der Waals surface area contributed by atoms with Gasteiger partial charge in [0.1, 0.15) is 0 Å². The van der Waals surface area contributed by atoms with Gasteiger partial charge in [0, 0.05) is 24.5 Å². The van der Waals surface area contributed by atoms with Crippen LogP contribution in [0.5, 0.6) is 0 Å². The molecule has 2 aromatic heterocycles. The van der Waals surface area contributed by atoms with E-state index in [1.54, 1.807) is 4.68 Å². The molecule has 5 nitrogen and oxygen atoms in total. The van der Waals surface area contributed by atoms with Gasteiger partial charge in [-0.1, -0.05) is 6.92 Å². The van der Waals surface area contributed by atoms with Gasteiger partial charge in [-0.2, -0.15) is 5.10 Å². The Morgan fingerprint density at radius 2 is 2.26 bits per heavy atom. The molecule has 0 spiro atoms. The number of thiophene rings is 1. The molecule has 0 saturated carbocycles. The van der Waals surface area contributed by atoms with Crippen LogP contribution in [0.3, 0.4) is 0 Å². The molecule has 1 aliphatic heterocycles. The van der Waals surface area contributed by atoms with E-state index in [4.69, 9.17) is 0 Å². The molecule has 6 heteroatoms. The number of nitrogens with zero attached hydrogens (tertiary/aromatic N) is 3. The second-order valence-corrected chi connectivity index (χ2v) is 7.16. The Labute approximate surface area is 141 Å². The normalized spacial score (nSPS) is 18.0. The lowest BCUT2D eigenvalue weighted by Gasteiger charge is -2.34. The SMILES string of the molecule is CCC1c2ccsc2CCN1CC(=O)Nc1c(C)nn(C)c1C. The summed E-state index contributed by atoms with van der Waals surface area (Å²) in [6.45, 7) is 7.47. The predicted octanol–water partition coefficient (Wildman–Crippen LogP) is 3.05. The molecule has 1 atom stereocenters. The molecule has 1 unspecified atom stereocenters. The Hall–Kier alpha value is -1.66. The van der Waals surface area contributed by atoms with Crippen LogP contribution in [0, 0.1) is 13.8 Å². The van der Waals surface area contributed by atoms with Crippen molar-refractivity contribution < 1.29 is 4.79 Å². The highest BCUT2D eigenvalue weighted by atomic mass is 32.1. The van der Waals surface area contributed by atoms with Crippen molar-refractivity contribution in [3.8, 4) is 0 Å². The van der Waals surface area contributed by atoms with Gasteiger partial charge in [-0.3, -0.25) is 14.4 Å². The molecule has 3 rings (SSSR count). The van der Waals surface area contributed by atoms with Crippen molar-refractivity contribution in [3.05, 3.63) is 33.3 Å². The molecule has 23 heavy (non-hydrogen) atoms. The van der Waals surface area contributed by atoms with Crippen LogP contribution in [0.1, 0.15) is 41.2 Å². The fraction of sp³-hybridized carbons (Fsp3) is 0.529. The van der Waals surface area contributed by atoms with Crippen LogP contribution in [0.4, 0.5) is 5.69 Å². The lowest BCUT2D eigenvalue weighted by Crippen LogP contribution is -2.40. The molecule has 0 fully saturated rings. The monoisotopic (exact) mass is 332 g/mol. The summed E-state index contributed by atoms with van der Waals surface area (Å²) in [5.41, 5.74) is 4.11. The molecular formula is C17H24N4OS. The first-order valence-electron chi connectivity index (χ1n) is 8.11. The minimum absolute atomic E-state index is 0.0429. The average Bonchev–Trinajstić information content (AvgIpc) is 3.07. The molecular weight excluding hydrogens is 308 g/mol. The average molecular weight is 332 g/mol. The van der Waals surface area contributed by atoms with Gasteiger partial charge in [0.15, 0.2) is 0 Å². The Bertz CT molecular complexity index is 718. The Balaban J connectivity index is 1.71. The van der Waals surface area contributed by atoms with Crippen LogP contribution >= 0.6 is 11.3 Å². The molecule has 3 heterocycles. The molecule has 1 aliphatic rings. The second-order valence-electron chi connectivity index (χ2n) is 6.16. The number of aromatic nitrogens is 2. The van der Waals surface area contributed by atoms with Crippen molar-refractivity contribution in [2.75, 3.05) is 18.4 Å². The number of nitrogens with one attached hydrogen (secondary N) is 1. The maximum absolute atomic E-state index is 12.5. The van der Waals surface area contributed by atoms with Crippen molar-refractivity contribution in [1.29, 1.82) is 0 Å². The zero-order valence-corrected chi connectivity index (χ0v) is 15.0. The molecule has 0 radical (unpaired) electrons. The summed E-state index contributed by atoms with van der Waals surface area (Å²) in [7, 11) is 1.90. The second kappa shape index (κ2) is 6.45. The van der Waals surface area contributed by atoms with E-state index in [1.165, 1.54) is 10.4 Å². The number of fused-ring (bicyclic) bond motifs is 1. The fourth-order valence-corrected chi connectivity index (χ4v) is 4.36. The van der Waals surface area contributed by atoms with Crippen molar-refractivity contribution in [1.82, 2.24) is 14.7 Å².